The van der Waals surface area contributed by atoms with Crippen molar-refractivity contribution in [2.75, 3.05) is 0 Å². The Morgan fingerprint density at radius 2 is 1.24 bits per heavy atom. The summed E-state index contributed by atoms with van der Waals surface area (Å²) in [5.41, 5.74) is 0. The second kappa shape index (κ2) is 10.7. The first-order valence-corrected chi connectivity index (χ1v) is 7.37. The number of thioether (sulfide) groups is 1. The van der Waals surface area contributed by atoms with Gasteiger partial charge in [-0.1, -0.05) is 73.6 Å². The summed E-state index contributed by atoms with van der Waals surface area (Å²) >= 11 is 1.90. The van der Waals surface area contributed by atoms with Gasteiger partial charge < -0.3 is 0 Å². The van der Waals surface area contributed by atoms with E-state index >= 15 is 0 Å². The third kappa shape index (κ3) is 18.1. The van der Waals surface area contributed by atoms with Crippen LogP contribution in [-0.4, -0.2) is 4.75 Å². The van der Waals surface area contributed by atoms with Gasteiger partial charge in [-0.2, -0.15) is 0 Å². The lowest BCUT2D eigenvalue weighted by Gasteiger charge is -2.16. The summed E-state index contributed by atoms with van der Waals surface area (Å²) in [5.74, 6) is 0.833. The lowest BCUT2D eigenvalue weighted by molar-refractivity contribution is 0.737. The van der Waals surface area contributed by atoms with Crippen molar-refractivity contribution in [3.8, 4) is 0 Å². The van der Waals surface area contributed by atoms with Crippen LogP contribution in [0.25, 0.3) is 0 Å². The molecule has 100 valence electrons. The smallest absolute Gasteiger partial charge is 0.0122 e. The summed E-state index contributed by atoms with van der Waals surface area (Å²) in [6, 6.07) is 10.5. The fourth-order valence-corrected chi connectivity index (χ4v) is 1.84. The highest BCUT2D eigenvalue weighted by Crippen LogP contribution is 2.30. The van der Waals surface area contributed by atoms with Crippen molar-refractivity contribution < 1.29 is 0 Å². The third-order valence-corrected chi connectivity index (χ3v) is 2.29. The third-order valence-electron chi connectivity index (χ3n) is 1.17. The second-order valence-corrected chi connectivity index (χ2v) is 7.16. The van der Waals surface area contributed by atoms with Gasteiger partial charge in [-0.05, 0) is 18.1 Å². The number of hydrogen-bond donors (Lipinski definition) is 0. The molecule has 1 aromatic carbocycles. The lowest BCUT2D eigenvalue weighted by atomic mass is 10.3. The minimum absolute atomic E-state index is 0.321. The van der Waals surface area contributed by atoms with Crippen LogP contribution in [0.2, 0.25) is 0 Å². The molecule has 17 heavy (non-hydrogen) atoms. The molecule has 0 amide bonds. The van der Waals surface area contributed by atoms with Crippen LogP contribution in [0.4, 0.5) is 0 Å². The van der Waals surface area contributed by atoms with E-state index in [0.29, 0.717) is 4.75 Å². The van der Waals surface area contributed by atoms with Gasteiger partial charge in [-0.15, -0.1) is 11.8 Å². The average molecular weight is 254 g/mol. The van der Waals surface area contributed by atoms with Gasteiger partial charge in [0.15, 0.2) is 0 Å². The topological polar surface area (TPSA) is 0 Å². The second-order valence-electron chi connectivity index (χ2n) is 5.26. The Morgan fingerprint density at radius 1 is 0.882 bits per heavy atom. The zero-order valence-corrected chi connectivity index (χ0v) is 13.7. The molecule has 0 saturated carbocycles. The van der Waals surface area contributed by atoms with Crippen molar-refractivity contribution in [2.45, 2.75) is 65.0 Å². The molecule has 1 aromatic rings. The minimum Gasteiger partial charge on any atom is -0.120 e. The van der Waals surface area contributed by atoms with Crippen LogP contribution in [0, 0.1) is 5.92 Å². The Balaban J connectivity index is 0. The maximum absolute atomic E-state index is 2.23. The molecule has 0 heterocycles. The molecular formula is C16H30S. The highest BCUT2D eigenvalue weighted by Gasteiger charge is 2.10. The summed E-state index contributed by atoms with van der Waals surface area (Å²) in [6.07, 6.45) is 0. The van der Waals surface area contributed by atoms with Gasteiger partial charge in [0.1, 0.15) is 0 Å². The van der Waals surface area contributed by atoms with E-state index in [1.54, 1.807) is 0 Å². The largest absolute Gasteiger partial charge is 0.120 e. The zero-order chi connectivity index (χ0) is 13.9. The van der Waals surface area contributed by atoms with Gasteiger partial charge in [-0.25, -0.2) is 0 Å². The number of hydrogen-bond acceptors (Lipinski definition) is 1. The lowest BCUT2D eigenvalue weighted by Crippen LogP contribution is -2.06. The van der Waals surface area contributed by atoms with Crippen molar-refractivity contribution in [1.82, 2.24) is 0 Å². The summed E-state index contributed by atoms with van der Waals surface area (Å²) in [7, 11) is 0. The van der Waals surface area contributed by atoms with Crippen molar-refractivity contribution in [3.63, 3.8) is 0 Å². The molecule has 1 heteroatoms. The summed E-state index contributed by atoms with van der Waals surface area (Å²) in [4.78, 5) is 1.35. The van der Waals surface area contributed by atoms with Crippen molar-refractivity contribution in [2.24, 2.45) is 5.92 Å². The van der Waals surface area contributed by atoms with E-state index < -0.39 is 0 Å². The van der Waals surface area contributed by atoms with E-state index in [2.05, 4.69) is 65.8 Å². The molecule has 0 N–H and O–H groups in total. The molecule has 0 saturated heterocycles. The molecule has 0 atom stereocenters. The first-order valence-electron chi connectivity index (χ1n) is 6.55. The molecule has 0 nitrogen and oxygen atoms in total. The first-order chi connectivity index (χ1) is 7.81. The first kappa shape index (κ1) is 18.9. The quantitative estimate of drug-likeness (QED) is 0.532. The Hall–Kier alpha value is -0.430. The summed E-state index contributed by atoms with van der Waals surface area (Å²) in [6.45, 7) is 17.2. The normalized spacial score (nSPS) is 9.94. The Labute approximate surface area is 113 Å². The van der Waals surface area contributed by atoms with Gasteiger partial charge in [0.05, 0.1) is 0 Å². The molecular weight excluding hydrogens is 224 g/mol. The molecule has 0 unspecified atom stereocenters. The molecule has 0 spiro atoms. The van der Waals surface area contributed by atoms with E-state index in [-0.39, 0.29) is 0 Å². The van der Waals surface area contributed by atoms with E-state index in [1.165, 1.54) is 4.90 Å². The maximum Gasteiger partial charge on any atom is 0.0122 e. The zero-order valence-electron chi connectivity index (χ0n) is 12.9. The molecule has 0 aromatic heterocycles. The Morgan fingerprint density at radius 3 is 1.53 bits per heavy atom. The fraction of sp³-hybridized carbons (Fsp3) is 0.625. The van der Waals surface area contributed by atoms with E-state index in [0.717, 1.165) is 5.92 Å². The minimum atomic E-state index is 0.321. The predicted molar refractivity (Wildman–Crippen MR) is 83.9 cm³/mol. The van der Waals surface area contributed by atoms with Crippen LogP contribution in [0.15, 0.2) is 35.2 Å². The van der Waals surface area contributed by atoms with E-state index in [1.807, 2.05) is 31.7 Å². The van der Waals surface area contributed by atoms with Crippen LogP contribution in [0.3, 0.4) is 0 Å². The number of rotatable bonds is 1. The van der Waals surface area contributed by atoms with Crippen LogP contribution in [0.5, 0.6) is 0 Å². The molecule has 0 aliphatic carbocycles. The SMILES string of the molecule is CC.CC(C)(C)Sc1ccccc1.CC(C)C. The van der Waals surface area contributed by atoms with Gasteiger partial charge >= 0.3 is 0 Å². The van der Waals surface area contributed by atoms with Crippen LogP contribution in [-0.2, 0) is 0 Å². The van der Waals surface area contributed by atoms with Gasteiger partial charge in [0.2, 0.25) is 0 Å². The molecule has 0 radical (unpaired) electrons. The van der Waals surface area contributed by atoms with Gasteiger partial charge in [0, 0.05) is 9.64 Å². The standard InChI is InChI=1S/C10H14S.C4H10.C2H6/c1-10(2,3)11-9-7-5-4-6-8-9;1-4(2)3;1-2/h4-8H,1-3H3;4H,1-3H3;1-2H3. The average Bonchev–Trinajstić information content (AvgIpc) is 2.19. The highest BCUT2D eigenvalue weighted by atomic mass is 32.2. The van der Waals surface area contributed by atoms with Crippen molar-refractivity contribution in [1.29, 1.82) is 0 Å². The molecule has 1 rings (SSSR count). The monoisotopic (exact) mass is 254 g/mol. The summed E-state index contributed by atoms with van der Waals surface area (Å²) < 4.78 is 0.321. The molecule has 0 aliphatic rings. The van der Waals surface area contributed by atoms with Gasteiger partial charge in [0.25, 0.3) is 0 Å². The molecule has 0 fully saturated rings. The predicted octanol–water partition coefficient (Wildman–Crippen LogP) is 6.27. The molecule has 0 bridgehead atoms. The summed E-state index contributed by atoms with van der Waals surface area (Å²) in [5, 5.41) is 0. The van der Waals surface area contributed by atoms with Crippen molar-refractivity contribution >= 4 is 11.8 Å². The highest BCUT2D eigenvalue weighted by molar-refractivity contribution is 8.00. The number of benzene rings is 1. The van der Waals surface area contributed by atoms with E-state index in [9.17, 15) is 0 Å². The van der Waals surface area contributed by atoms with Crippen LogP contribution < -0.4 is 0 Å². The molecule has 0 aliphatic heterocycles. The van der Waals surface area contributed by atoms with Crippen LogP contribution in [0.1, 0.15) is 55.4 Å². The maximum atomic E-state index is 2.23. The van der Waals surface area contributed by atoms with Gasteiger partial charge in [-0.3, -0.25) is 0 Å². The van der Waals surface area contributed by atoms with Crippen LogP contribution >= 0.6 is 11.8 Å². The Kier molecular flexibility index (Phi) is 11.9. The van der Waals surface area contributed by atoms with Crippen molar-refractivity contribution in [3.05, 3.63) is 30.3 Å². The van der Waals surface area contributed by atoms with E-state index in [4.69, 9.17) is 0 Å². The Bertz CT molecular complexity index is 241. The fourth-order valence-electron chi connectivity index (χ4n) is 0.842.